The molecule has 0 radical (unpaired) electrons. The maximum atomic E-state index is 11.0. The molecule has 0 aliphatic heterocycles. The van der Waals surface area contributed by atoms with E-state index < -0.39 is 18.5 Å². The third-order valence-electron chi connectivity index (χ3n) is 1.37. The summed E-state index contributed by atoms with van der Waals surface area (Å²) in [5.41, 5.74) is -2.08. The lowest BCUT2D eigenvalue weighted by Gasteiger charge is -2.18. The smallest absolute Gasteiger partial charge is 0.350 e. The van der Waals surface area contributed by atoms with Crippen LogP contribution >= 0.6 is 0 Å². The van der Waals surface area contributed by atoms with E-state index in [4.69, 9.17) is 10.5 Å². The Bertz CT molecular complexity index is 271. The molecule has 4 heteroatoms. The highest BCUT2D eigenvalue weighted by atomic mass is 16.5. The van der Waals surface area contributed by atoms with Gasteiger partial charge in [0.1, 0.15) is 0 Å². The van der Waals surface area contributed by atoms with E-state index in [-0.39, 0.29) is 13.0 Å². The second-order valence-corrected chi connectivity index (χ2v) is 2.17. The summed E-state index contributed by atoms with van der Waals surface area (Å²) in [6.45, 7) is -2.45. The van der Waals surface area contributed by atoms with E-state index in [0.717, 1.165) is 7.11 Å². The molecule has 0 aromatic heterocycles. The van der Waals surface area contributed by atoms with Crippen LogP contribution in [0.1, 0.15) is 10.5 Å². The molecule has 0 bridgehead atoms. The average molecular weight is 174 g/mol. The molecule has 12 heavy (non-hydrogen) atoms. The Morgan fingerprint density at radius 2 is 2.67 bits per heavy atom. The van der Waals surface area contributed by atoms with Crippen LogP contribution in [0.2, 0.25) is 0 Å². The van der Waals surface area contributed by atoms with Gasteiger partial charge in [-0.2, -0.15) is 0 Å². The molecule has 0 spiro atoms. The molecule has 0 heterocycles. The van der Waals surface area contributed by atoms with E-state index in [9.17, 15) is 9.90 Å². The summed E-state index contributed by atoms with van der Waals surface area (Å²) >= 11 is 0. The van der Waals surface area contributed by atoms with E-state index in [0.29, 0.717) is 0 Å². The maximum Gasteiger partial charge on any atom is 0.350 e. The van der Waals surface area contributed by atoms with Gasteiger partial charge in [0.2, 0.25) is 5.60 Å². The summed E-state index contributed by atoms with van der Waals surface area (Å²) in [6, 6.07) is 0. The van der Waals surface area contributed by atoms with Gasteiger partial charge in [-0.05, 0) is 13.5 Å². The van der Waals surface area contributed by atoms with Crippen LogP contribution in [0.15, 0.2) is 0 Å². The zero-order valence-electron chi connectivity index (χ0n) is 9.76. The highest BCUT2D eigenvalue weighted by Crippen LogP contribution is 2.09. The number of hydrogen-bond acceptors (Lipinski definition) is 4. The van der Waals surface area contributed by atoms with Crippen molar-refractivity contribution >= 4 is 5.97 Å². The molecule has 4 nitrogen and oxygen atoms in total. The number of methoxy groups -OCH3 is 1. The Morgan fingerprint density at radius 1 is 2.00 bits per heavy atom. The van der Waals surface area contributed by atoms with Crippen LogP contribution < -0.4 is 5.32 Å². The standard InChI is InChI=1S/C8H13NO3/c1-4-8(11,5-6-9-2)7(10)12-3/h1,9,11H,5-6H2,2-3H3/i2D3. The Kier molecular flexibility index (Phi) is 2.56. The van der Waals surface area contributed by atoms with E-state index in [1.54, 1.807) is 0 Å². The molecule has 68 valence electrons. The molecule has 2 N–H and O–H groups in total. The van der Waals surface area contributed by atoms with Crippen LogP contribution in [0.4, 0.5) is 0 Å². The van der Waals surface area contributed by atoms with Gasteiger partial charge >= 0.3 is 5.97 Å². The van der Waals surface area contributed by atoms with Crippen molar-refractivity contribution in [3.8, 4) is 12.3 Å². The van der Waals surface area contributed by atoms with Crippen molar-refractivity contribution in [2.75, 3.05) is 20.6 Å². The number of rotatable bonds is 4. The molecule has 1 atom stereocenters. The third-order valence-corrected chi connectivity index (χ3v) is 1.37. The zero-order valence-corrected chi connectivity index (χ0v) is 6.76. The Hall–Kier alpha value is -1.05. The molecular formula is C8H13NO3. The fourth-order valence-corrected chi connectivity index (χ4v) is 0.645. The molecule has 0 rings (SSSR count). The number of carbonyl (C=O) groups excluding carboxylic acids is 1. The number of aliphatic hydroxyl groups is 1. The largest absolute Gasteiger partial charge is 0.466 e. The maximum absolute atomic E-state index is 11.0. The van der Waals surface area contributed by atoms with Crippen molar-refractivity contribution < 1.29 is 18.8 Å². The second kappa shape index (κ2) is 4.75. The number of ether oxygens (including phenoxy) is 1. The molecule has 0 saturated heterocycles. The molecule has 0 fully saturated rings. The predicted octanol–water partition coefficient (Wildman–Crippen LogP) is -0.867. The Balaban J connectivity index is 4.25. The first-order valence-electron chi connectivity index (χ1n) is 4.79. The monoisotopic (exact) mass is 174 g/mol. The Morgan fingerprint density at radius 3 is 3.08 bits per heavy atom. The van der Waals surface area contributed by atoms with Gasteiger partial charge in [0.15, 0.2) is 0 Å². The second-order valence-electron chi connectivity index (χ2n) is 2.17. The number of esters is 1. The van der Waals surface area contributed by atoms with Gasteiger partial charge in [0.05, 0.1) is 7.11 Å². The summed E-state index contributed by atoms with van der Waals surface area (Å²) in [7, 11) is 1.09. The quantitative estimate of drug-likeness (QED) is 0.430. The average Bonchev–Trinajstić information content (AvgIpc) is 2.14. The number of carbonyl (C=O) groups is 1. The normalized spacial score (nSPS) is 19.2. The minimum atomic E-state index is -2.33. The van der Waals surface area contributed by atoms with Crippen molar-refractivity contribution in [1.29, 1.82) is 0 Å². The Labute approximate surface area is 76.1 Å². The van der Waals surface area contributed by atoms with Crippen molar-refractivity contribution in [3.63, 3.8) is 0 Å². The zero-order chi connectivity index (χ0) is 12.1. The highest BCUT2D eigenvalue weighted by molar-refractivity contribution is 5.83. The first kappa shape index (κ1) is 6.46. The third kappa shape index (κ3) is 2.53. The number of nitrogens with one attached hydrogen (secondary N) is 1. The van der Waals surface area contributed by atoms with Crippen LogP contribution in [0.5, 0.6) is 0 Å². The summed E-state index contributed by atoms with van der Waals surface area (Å²) in [4.78, 5) is 11.0. The predicted molar refractivity (Wildman–Crippen MR) is 44.3 cm³/mol. The van der Waals surface area contributed by atoms with Gasteiger partial charge in [0, 0.05) is 10.5 Å². The summed E-state index contributed by atoms with van der Waals surface area (Å²) in [5.74, 6) is 0.898. The SMILES string of the molecule is [2H]C([2H])([2H])NCCC(O)(C#C)C(=O)OC. The van der Waals surface area contributed by atoms with Gasteiger partial charge in [-0.1, -0.05) is 5.92 Å². The lowest BCUT2D eigenvalue weighted by molar-refractivity contribution is -0.156. The number of hydrogen-bond donors (Lipinski definition) is 2. The van der Waals surface area contributed by atoms with Crippen LogP contribution in [0.25, 0.3) is 0 Å². The van der Waals surface area contributed by atoms with Gasteiger partial charge in [0.25, 0.3) is 0 Å². The van der Waals surface area contributed by atoms with Gasteiger partial charge < -0.3 is 15.2 Å². The first-order valence-corrected chi connectivity index (χ1v) is 3.29. The minimum absolute atomic E-state index is 0.119. The van der Waals surface area contributed by atoms with E-state index in [2.05, 4.69) is 10.1 Å². The fraction of sp³-hybridized carbons (Fsp3) is 0.625. The minimum Gasteiger partial charge on any atom is -0.466 e. The van der Waals surface area contributed by atoms with Gasteiger partial charge in [-0.25, -0.2) is 4.79 Å². The van der Waals surface area contributed by atoms with Crippen molar-refractivity contribution in [2.45, 2.75) is 12.0 Å². The molecule has 1 unspecified atom stereocenters. The number of terminal acetylenes is 1. The van der Waals surface area contributed by atoms with Crippen LogP contribution in [-0.2, 0) is 9.53 Å². The fourth-order valence-electron chi connectivity index (χ4n) is 0.645. The van der Waals surface area contributed by atoms with Crippen LogP contribution in [0, 0.1) is 12.3 Å². The van der Waals surface area contributed by atoms with Crippen LogP contribution in [0.3, 0.4) is 0 Å². The van der Waals surface area contributed by atoms with E-state index >= 15 is 0 Å². The first-order chi connectivity index (χ1) is 6.75. The lowest BCUT2D eigenvalue weighted by atomic mass is 10.0. The van der Waals surface area contributed by atoms with Crippen molar-refractivity contribution in [2.24, 2.45) is 0 Å². The van der Waals surface area contributed by atoms with Crippen molar-refractivity contribution in [3.05, 3.63) is 0 Å². The molecule has 0 aromatic carbocycles. The summed E-state index contributed by atoms with van der Waals surface area (Å²) in [5, 5.41) is 11.7. The summed E-state index contributed by atoms with van der Waals surface area (Å²) in [6.07, 6.45) is 4.74. The molecule has 0 aliphatic carbocycles. The van der Waals surface area contributed by atoms with Crippen molar-refractivity contribution in [1.82, 2.24) is 5.32 Å². The molecule has 0 aliphatic rings. The van der Waals surface area contributed by atoms with E-state index in [1.807, 2.05) is 5.92 Å². The highest BCUT2D eigenvalue weighted by Gasteiger charge is 2.34. The van der Waals surface area contributed by atoms with Crippen LogP contribution in [-0.4, -0.2) is 37.3 Å². The molecule has 0 amide bonds. The molecule has 0 saturated carbocycles. The topological polar surface area (TPSA) is 58.6 Å². The van der Waals surface area contributed by atoms with E-state index in [1.165, 1.54) is 0 Å². The lowest BCUT2D eigenvalue weighted by Crippen LogP contribution is -2.40. The van der Waals surface area contributed by atoms with Gasteiger partial charge in [-0.15, -0.1) is 6.42 Å². The summed E-state index contributed by atoms with van der Waals surface area (Å²) < 4.78 is 24.8. The molecular weight excluding hydrogens is 158 g/mol. The van der Waals surface area contributed by atoms with Gasteiger partial charge in [-0.3, -0.25) is 0 Å². The molecule has 0 aromatic rings.